The van der Waals surface area contributed by atoms with Crippen LogP contribution in [-0.2, 0) is 13.0 Å². The van der Waals surface area contributed by atoms with Gasteiger partial charge in [-0.1, -0.05) is 0 Å². The Balaban J connectivity index is 2.39. The summed E-state index contributed by atoms with van der Waals surface area (Å²) in [5, 5.41) is 10.9. The van der Waals surface area contributed by atoms with Crippen molar-refractivity contribution in [1.82, 2.24) is 4.90 Å². The highest BCUT2D eigenvalue weighted by Crippen LogP contribution is 2.27. The maximum absolute atomic E-state index is 10.8. The Kier molecular flexibility index (Phi) is 2.09. The van der Waals surface area contributed by atoms with E-state index in [0.717, 1.165) is 25.1 Å². The van der Waals surface area contributed by atoms with Crippen LogP contribution in [0, 0.1) is 0 Å². The predicted octanol–water partition coefficient (Wildman–Crippen LogP) is 1.43. The quantitative estimate of drug-likeness (QED) is 0.740. The molecule has 1 aromatic heterocycles. The molecule has 4 heteroatoms. The first-order chi connectivity index (χ1) is 6.18. The van der Waals surface area contributed by atoms with Gasteiger partial charge in [-0.05, 0) is 30.0 Å². The molecule has 3 nitrogen and oxygen atoms in total. The zero-order chi connectivity index (χ0) is 9.42. The van der Waals surface area contributed by atoms with E-state index in [1.807, 2.05) is 5.38 Å². The molecule has 0 fully saturated rings. The summed E-state index contributed by atoms with van der Waals surface area (Å²) in [6, 6.07) is 0. The van der Waals surface area contributed by atoms with Crippen molar-refractivity contribution in [2.24, 2.45) is 0 Å². The van der Waals surface area contributed by atoms with Crippen molar-refractivity contribution < 1.29 is 9.90 Å². The normalized spacial score (nSPS) is 17.0. The average Bonchev–Trinajstić information content (AvgIpc) is 2.46. The third-order valence-electron chi connectivity index (χ3n) is 2.36. The van der Waals surface area contributed by atoms with E-state index in [2.05, 4.69) is 11.9 Å². The van der Waals surface area contributed by atoms with Gasteiger partial charge in [0.05, 0.1) is 0 Å². The standard InChI is InChI=1S/C9H11NO2S/c1-10-3-2-7-6(4-10)5-13-8(7)9(11)12/h5H,2-4H2,1H3,(H,11,12). The zero-order valence-electron chi connectivity index (χ0n) is 7.41. The molecule has 0 aromatic carbocycles. The van der Waals surface area contributed by atoms with Crippen LogP contribution in [0.25, 0.3) is 0 Å². The van der Waals surface area contributed by atoms with Crippen molar-refractivity contribution in [3.63, 3.8) is 0 Å². The molecule has 0 amide bonds. The Bertz CT molecular complexity index is 345. The van der Waals surface area contributed by atoms with Crippen LogP contribution in [0.5, 0.6) is 0 Å². The van der Waals surface area contributed by atoms with Gasteiger partial charge in [-0.2, -0.15) is 0 Å². The molecule has 1 aliphatic heterocycles. The van der Waals surface area contributed by atoms with Crippen molar-refractivity contribution in [2.45, 2.75) is 13.0 Å². The first-order valence-corrected chi connectivity index (χ1v) is 5.07. The van der Waals surface area contributed by atoms with E-state index in [4.69, 9.17) is 5.11 Å². The minimum Gasteiger partial charge on any atom is -0.477 e. The highest BCUT2D eigenvalue weighted by Gasteiger charge is 2.21. The lowest BCUT2D eigenvalue weighted by molar-refractivity contribution is 0.0700. The maximum Gasteiger partial charge on any atom is 0.346 e. The van der Waals surface area contributed by atoms with Crippen LogP contribution in [0.2, 0.25) is 0 Å². The van der Waals surface area contributed by atoms with E-state index in [0.29, 0.717) is 4.88 Å². The topological polar surface area (TPSA) is 40.5 Å². The smallest absolute Gasteiger partial charge is 0.346 e. The second kappa shape index (κ2) is 3.12. The monoisotopic (exact) mass is 197 g/mol. The van der Waals surface area contributed by atoms with Gasteiger partial charge in [-0.25, -0.2) is 4.79 Å². The second-order valence-corrected chi connectivity index (χ2v) is 4.24. The lowest BCUT2D eigenvalue weighted by atomic mass is 10.0. The molecule has 70 valence electrons. The van der Waals surface area contributed by atoms with E-state index in [1.54, 1.807) is 0 Å². The molecule has 0 unspecified atom stereocenters. The number of rotatable bonds is 1. The van der Waals surface area contributed by atoms with Crippen LogP contribution < -0.4 is 0 Å². The number of carbonyl (C=O) groups is 1. The summed E-state index contributed by atoms with van der Waals surface area (Å²) < 4.78 is 0. The van der Waals surface area contributed by atoms with Gasteiger partial charge in [0.25, 0.3) is 0 Å². The number of hydrogen-bond acceptors (Lipinski definition) is 3. The Labute approximate surface area is 80.6 Å². The molecule has 0 bridgehead atoms. The molecule has 13 heavy (non-hydrogen) atoms. The van der Waals surface area contributed by atoms with E-state index < -0.39 is 5.97 Å². The van der Waals surface area contributed by atoms with Gasteiger partial charge in [0.15, 0.2) is 0 Å². The van der Waals surface area contributed by atoms with E-state index >= 15 is 0 Å². The number of carboxylic acids is 1. The van der Waals surface area contributed by atoms with Crippen LogP contribution in [0.3, 0.4) is 0 Å². The lowest BCUT2D eigenvalue weighted by Gasteiger charge is -2.22. The minimum absolute atomic E-state index is 0.531. The van der Waals surface area contributed by atoms with Gasteiger partial charge in [0, 0.05) is 13.1 Å². The number of hydrogen-bond donors (Lipinski definition) is 1. The van der Waals surface area contributed by atoms with Crippen molar-refractivity contribution in [3.8, 4) is 0 Å². The van der Waals surface area contributed by atoms with Gasteiger partial charge in [0.2, 0.25) is 0 Å². The predicted molar refractivity (Wildman–Crippen MR) is 51.3 cm³/mol. The summed E-state index contributed by atoms with van der Waals surface area (Å²) in [4.78, 5) is 13.6. The number of nitrogens with zero attached hydrogens (tertiary/aromatic N) is 1. The van der Waals surface area contributed by atoms with Crippen LogP contribution in [-0.4, -0.2) is 29.6 Å². The van der Waals surface area contributed by atoms with E-state index in [9.17, 15) is 4.79 Å². The average molecular weight is 197 g/mol. The zero-order valence-corrected chi connectivity index (χ0v) is 8.23. The summed E-state index contributed by atoms with van der Waals surface area (Å²) in [5.41, 5.74) is 2.24. The van der Waals surface area contributed by atoms with Crippen molar-refractivity contribution in [1.29, 1.82) is 0 Å². The molecular weight excluding hydrogens is 186 g/mol. The fourth-order valence-corrected chi connectivity index (χ4v) is 2.63. The summed E-state index contributed by atoms with van der Waals surface area (Å²) >= 11 is 1.35. The summed E-state index contributed by atoms with van der Waals surface area (Å²) in [6.45, 7) is 1.85. The molecule has 0 atom stereocenters. The third kappa shape index (κ3) is 1.47. The van der Waals surface area contributed by atoms with Crippen molar-refractivity contribution in [3.05, 3.63) is 21.4 Å². The Morgan fingerprint density at radius 3 is 3.15 bits per heavy atom. The van der Waals surface area contributed by atoms with Gasteiger partial charge in [-0.15, -0.1) is 11.3 Å². The molecule has 1 aromatic rings. The first-order valence-electron chi connectivity index (χ1n) is 4.19. The highest BCUT2D eigenvalue weighted by molar-refractivity contribution is 7.12. The number of carboxylic acid groups (broad SMARTS) is 1. The Morgan fingerprint density at radius 2 is 2.46 bits per heavy atom. The summed E-state index contributed by atoms with van der Waals surface area (Å²) in [7, 11) is 2.06. The largest absolute Gasteiger partial charge is 0.477 e. The fraction of sp³-hybridized carbons (Fsp3) is 0.444. The number of fused-ring (bicyclic) bond motifs is 1. The Hall–Kier alpha value is -0.870. The van der Waals surface area contributed by atoms with Crippen molar-refractivity contribution >= 4 is 17.3 Å². The number of thiophene rings is 1. The van der Waals surface area contributed by atoms with Gasteiger partial charge >= 0.3 is 5.97 Å². The van der Waals surface area contributed by atoms with Gasteiger partial charge in [-0.3, -0.25) is 0 Å². The first kappa shape index (κ1) is 8.72. The summed E-state index contributed by atoms with van der Waals surface area (Å²) in [6.07, 6.45) is 0.872. The maximum atomic E-state index is 10.8. The van der Waals surface area contributed by atoms with Crippen LogP contribution in [0.1, 0.15) is 20.8 Å². The number of aromatic carboxylic acids is 1. The number of likely N-dealkylation sites (N-methyl/N-ethyl adjacent to an activating group) is 1. The lowest BCUT2D eigenvalue weighted by Crippen LogP contribution is -2.26. The molecule has 1 aliphatic rings. The van der Waals surface area contributed by atoms with Crippen molar-refractivity contribution in [2.75, 3.05) is 13.6 Å². The van der Waals surface area contributed by atoms with Crippen LogP contribution in [0.4, 0.5) is 0 Å². The van der Waals surface area contributed by atoms with E-state index in [-0.39, 0.29) is 0 Å². The molecule has 2 rings (SSSR count). The second-order valence-electron chi connectivity index (χ2n) is 3.36. The summed E-state index contributed by atoms with van der Waals surface area (Å²) in [5.74, 6) is -0.782. The van der Waals surface area contributed by atoms with E-state index in [1.165, 1.54) is 16.9 Å². The van der Waals surface area contributed by atoms with Gasteiger partial charge < -0.3 is 10.0 Å². The molecular formula is C9H11NO2S. The molecule has 0 saturated heterocycles. The van der Waals surface area contributed by atoms with Gasteiger partial charge in [0.1, 0.15) is 4.88 Å². The molecule has 0 radical (unpaired) electrons. The van der Waals surface area contributed by atoms with Crippen LogP contribution in [0.15, 0.2) is 5.38 Å². The highest BCUT2D eigenvalue weighted by atomic mass is 32.1. The molecule has 1 N–H and O–H groups in total. The van der Waals surface area contributed by atoms with Crippen LogP contribution >= 0.6 is 11.3 Å². The SMILES string of the molecule is CN1CCc2c(csc2C(=O)O)C1. The third-order valence-corrected chi connectivity index (χ3v) is 3.42. The molecule has 2 heterocycles. The molecule has 0 spiro atoms. The fourth-order valence-electron chi connectivity index (χ4n) is 1.68. The Morgan fingerprint density at radius 1 is 1.69 bits per heavy atom. The minimum atomic E-state index is -0.782. The molecule has 0 saturated carbocycles. The molecule has 0 aliphatic carbocycles.